The van der Waals surface area contributed by atoms with Crippen molar-refractivity contribution >= 4 is 6.29 Å². The van der Waals surface area contributed by atoms with Crippen LogP contribution in [0.4, 0.5) is 0 Å². The molecule has 0 radical (unpaired) electrons. The number of imidazole rings is 1. The van der Waals surface area contributed by atoms with E-state index in [1.165, 1.54) is 0 Å². The number of carbonyl (C=O) groups is 1. The molecule has 1 heterocycles. The number of unbranched alkanes of at least 4 members (excludes halogenated alkanes) is 1. The number of aromatic nitrogens is 2. The molecule has 4 heteroatoms. The molecule has 66 valence electrons. The fourth-order valence-corrected chi connectivity index (χ4v) is 0.967. The average Bonchev–Trinajstić information content (AvgIpc) is 2.53. The van der Waals surface area contributed by atoms with Gasteiger partial charge in [0.2, 0.25) is 0 Å². The molecule has 0 saturated carbocycles. The lowest BCUT2D eigenvalue weighted by atomic mass is 10.3. The lowest BCUT2D eigenvalue weighted by Crippen LogP contribution is -1.95. The van der Waals surface area contributed by atoms with Gasteiger partial charge in [0.1, 0.15) is 5.69 Å². The Hall–Kier alpha value is -1.16. The minimum Gasteiger partial charge on any atom is -0.396 e. The minimum absolute atomic E-state index is 0.217. The van der Waals surface area contributed by atoms with Crippen molar-refractivity contribution in [2.24, 2.45) is 0 Å². The molecule has 0 saturated heterocycles. The zero-order valence-corrected chi connectivity index (χ0v) is 6.81. The second kappa shape index (κ2) is 4.66. The van der Waals surface area contributed by atoms with Gasteiger partial charge in [-0.15, -0.1) is 0 Å². The van der Waals surface area contributed by atoms with Crippen LogP contribution >= 0.6 is 0 Å². The number of rotatable bonds is 5. The van der Waals surface area contributed by atoms with Crippen LogP contribution in [0.25, 0.3) is 0 Å². The van der Waals surface area contributed by atoms with E-state index in [9.17, 15) is 4.79 Å². The maximum Gasteiger partial charge on any atom is 0.169 e. The van der Waals surface area contributed by atoms with Gasteiger partial charge in [-0.05, 0) is 12.8 Å². The lowest BCUT2D eigenvalue weighted by molar-refractivity contribution is 0.111. The van der Waals surface area contributed by atoms with Gasteiger partial charge in [0.25, 0.3) is 0 Å². The first-order valence-electron chi connectivity index (χ1n) is 3.94. The van der Waals surface area contributed by atoms with Gasteiger partial charge in [0.15, 0.2) is 6.29 Å². The average molecular weight is 168 g/mol. The highest BCUT2D eigenvalue weighted by Gasteiger charge is 1.95. The van der Waals surface area contributed by atoms with E-state index in [1.807, 2.05) is 4.57 Å². The number of aryl methyl sites for hydroxylation is 1. The lowest BCUT2D eigenvalue weighted by Gasteiger charge is -1.98. The maximum absolute atomic E-state index is 10.2. The van der Waals surface area contributed by atoms with Crippen LogP contribution in [0, 0.1) is 0 Å². The highest BCUT2D eigenvalue weighted by atomic mass is 16.2. The van der Waals surface area contributed by atoms with Crippen LogP contribution in [0.15, 0.2) is 12.5 Å². The summed E-state index contributed by atoms with van der Waals surface area (Å²) >= 11 is 0. The van der Waals surface area contributed by atoms with Crippen molar-refractivity contribution < 1.29 is 9.90 Å². The summed E-state index contributed by atoms with van der Waals surface area (Å²) in [5.41, 5.74) is 0.457. The van der Waals surface area contributed by atoms with Crippen LogP contribution in [0.2, 0.25) is 0 Å². The molecule has 1 aromatic heterocycles. The second-order valence-electron chi connectivity index (χ2n) is 2.58. The van der Waals surface area contributed by atoms with Crippen LogP contribution in [0.1, 0.15) is 23.3 Å². The van der Waals surface area contributed by atoms with Gasteiger partial charge in [-0.3, -0.25) is 4.79 Å². The molecular formula is C8H12N2O2. The molecule has 0 unspecified atom stereocenters. The van der Waals surface area contributed by atoms with Crippen molar-refractivity contribution in [3.05, 3.63) is 18.2 Å². The molecule has 0 aliphatic rings. The summed E-state index contributed by atoms with van der Waals surface area (Å²) < 4.78 is 1.85. The molecule has 1 rings (SSSR count). The van der Waals surface area contributed by atoms with Crippen LogP contribution in [0.5, 0.6) is 0 Å². The summed E-state index contributed by atoms with van der Waals surface area (Å²) in [7, 11) is 0. The summed E-state index contributed by atoms with van der Waals surface area (Å²) in [4.78, 5) is 14.1. The summed E-state index contributed by atoms with van der Waals surface area (Å²) in [6, 6.07) is 0. The van der Waals surface area contributed by atoms with Crippen LogP contribution in [-0.4, -0.2) is 27.6 Å². The van der Waals surface area contributed by atoms with Gasteiger partial charge in [-0.1, -0.05) is 0 Å². The fourth-order valence-electron chi connectivity index (χ4n) is 0.967. The highest BCUT2D eigenvalue weighted by molar-refractivity contribution is 5.70. The molecule has 0 aliphatic heterocycles. The predicted octanol–water partition coefficient (Wildman–Crippen LogP) is 0.468. The Labute approximate surface area is 70.9 Å². The normalized spacial score (nSPS) is 10.1. The number of carbonyl (C=O) groups excluding carboxylic acids is 1. The smallest absolute Gasteiger partial charge is 0.169 e. The third-order valence-electron chi connectivity index (χ3n) is 1.60. The van der Waals surface area contributed by atoms with E-state index >= 15 is 0 Å². The molecule has 0 atom stereocenters. The van der Waals surface area contributed by atoms with Crippen molar-refractivity contribution in [1.29, 1.82) is 0 Å². The number of aldehydes is 1. The van der Waals surface area contributed by atoms with E-state index in [0.29, 0.717) is 5.69 Å². The zero-order valence-electron chi connectivity index (χ0n) is 6.81. The number of hydrogen-bond donors (Lipinski definition) is 1. The van der Waals surface area contributed by atoms with E-state index in [2.05, 4.69) is 4.98 Å². The summed E-state index contributed by atoms with van der Waals surface area (Å²) in [5.74, 6) is 0. The van der Waals surface area contributed by atoms with E-state index in [4.69, 9.17) is 5.11 Å². The topological polar surface area (TPSA) is 55.1 Å². The van der Waals surface area contributed by atoms with Crippen molar-refractivity contribution in [3.8, 4) is 0 Å². The Balaban J connectivity index is 2.36. The molecule has 1 aromatic rings. The molecule has 0 amide bonds. The SMILES string of the molecule is O=Cc1cn(CCCCO)cn1. The Bertz CT molecular complexity index is 245. The van der Waals surface area contributed by atoms with E-state index in [0.717, 1.165) is 25.7 Å². The Morgan fingerprint density at radius 1 is 1.58 bits per heavy atom. The zero-order chi connectivity index (χ0) is 8.81. The fraction of sp³-hybridized carbons (Fsp3) is 0.500. The number of aliphatic hydroxyl groups excluding tert-OH is 1. The first kappa shape index (κ1) is 8.93. The van der Waals surface area contributed by atoms with Crippen LogP contribution in [-0.2, 0) is 6.54 Å². The van der Waals surface area contributed by atoms with E-state index in [1.54, 1.807) is 12.5 Å². The third-order valence-corrected chi connectivity index (χ3v) is 1.60. The third kappa shape index (κ3) is 2.47. The van der Waals surface area contributed by atoms with Gasteiger partial charge >= 0.3 is 0 Å². The van der Waals surface area contributed by atoms with Crippen molar-refractivity contribution in [1.82, 2.24) is 9.55 Å². The Morgan fingerprint density at radius 3 is 3.00 bits per heavy atom. The minimum atomic E-state index is 0.217. The van der Waals surface area contributed by atoms with Gasteiger partial charge in [0.05, 0.1) is 6.33 Å². The summed E-state index contributed by atoms with van der Waals surface area (Å²) in [5, 5.41) is 8.51. The molecule has 0 aliphatic carbocycles. The van der Waals surface area contributed by atoms with Gasteiger partial charge < -0.3 is 9.67 Å². The summed E-state index contributed by atoms with van der Waals surface area (Å²) in [6.45, 7) is 1.02. The van der Waals surface area contributed by atoms with Crippen LogP contribution in [0.3, 0.4) is 0 Å². The molecule has 0 spiro atoms. The number of nitrogens with zero attached hydrogens (tertiary/aromatic N) is 2. The quantitative estimate of drug-likeness (QED) is 0.513. The van der Waals surface area contributed by atoms with Gasteiger partial charge in [-0.2, -0.15) is 0 Å². The maximum atomic E-state index is 10.2. The standard InChI is InChI=1S/C8H12N2O2/c11-4-2-1-3-10-5-8(6-12)9-7-10/h5-7,11H,1-4H2. The van der Waals surface area contributed by atoms with Crippen molar-refractivity contribution in [2.75, 3.05) is 6.61 Å². The second-order valence-corrected chi connectivity index (χ2v) is 2.58. The van der Waals surface area contributed by atoms with Crippen LogP contribution < -0.4 is 0 Å². The van der Waals surface area contributed by atoms with E-state index in [-0.39, 0.29) is 6.61 Å². The molecule has 0 bridgehead atoms. The van der Waals surface area contributed by atoms with Gasteiger partial charge in [0, 0.05) is 19.3 Å². The molecular weight excluding hydrogens is 156 g/mol. The highest BCUT2D eigenvalue weighted by Crippen LogP contribution is 1.96. The first-order valence-corrected chi connectivity index (χ1v) is 3.94. The molecule has 0 aromatic carbocycles. The number of hydrogen-bond acceptors (Lipinski definition) is 3. The van der Waals surface area contributed by atoms with Gasteiger partial charge in [-0.25, -0.2) is 4.98 Å². The predicted molar refractivity (Wildman–Crippen MR) is 43.9 cm³/mol. The molecule has 4 nitrogen and oxygen atoms in total. The summed E-state index contributed by atoms with van der Waals surface area (Å²) in [6.07, 6.45) is 5.74. The molecule has 12 heavy (non-hydrogen) atoms. The van der Waals surface area contributed by atoms with E-state index < -0.39 is 0 Å². The van der Waals surface area contributed by atoms with Crippen molar-refractivity contribution in [3.63, 3.8) is 0 Å². The molecule has 0 fully saturated rings. The number of aliphatic hydroxyl groups is 1. The first-order chi connectivity index (χ1) is 5.86. The monoisotopic (exact) mass is 168 g/mol. The largest absolute Gasteiger partial charge is 0.396 e. The Morgan fingerprint density at radius 2 is 2.42 bits per heavy atom. The van der Waals surface area contributed by atoms with Crippen molar-refractivity contribution in [2.45, 2.75) is 19.4 Å². The molecule has 1 N–H and O–H groups in total. The Kier molecular flexibility index (Phi) is 3.47.